The maximum atomic E-state index is 13.1. The molecule has 0 aliphatic carbocycles. The highest BCUT2D eigenvalue weighted by molar-refractivity contribution is 5.91. The number of likely N-dealkylation sites (tertiary alicyclic amines) is 1. The van der Waals surface area contributed by atoms with Crippen molar-refractivity contribution in [1.82, 2.24) is 4.90 Å². The summed E-state index contributed by atoms with van der Waals surface area (Å²) in [7, 11) is 0. The summed E-state index contributed by atoms with van der Waals surface area (Å²) in [5.41, 5.74) is -0.663. The summed E-state index contributed by atoms with van der Waals surface area (Å²) in [5.74, 6) is -0.209. The van der Waals surface area contributed by atoms with Crippen molar-refractivity contribution < 1.29 is 14.7 Å². The first-order chi connectivity index (χ1) is 11.1. The van der Waals surface area contributed by atoms with Crippen molar-refractivity contribution in [1.29, 1.82) is 0 Å². The van der Waals surface area contributed by atoms with Crippen LogP contribution in [0.2, 0.25) is 0 Å². The number of piperidine rings is 1. The lowest BCUT2D eigenvalue weighted by Crippen LogP contribution is -2.50. The first-order valence-electron chi connectivity index (χ1n) is 7.77. The molecule has 3 rings (SSSR count). The van der Waals surface area contributed by atoms with Crippen molar-refractivity contribution in [2.24, 2.45) is 0 Å². The second-order valence-electron chi connectivity index (χ2n) is 5.77. The fourth-order valence-corrected chi connectivity index (χ4v) is 2.96. The van der Waals surface area contributed by atoms with Crippen LogP contribution in [0.25, 0.3) is 0 Å². The van der Waals surface area contributed by atoms with Crippen LogP contribution in [0, 0.1) is 0 Å². The lowest BCUT2D eigenvalue weighted by molar-refractivity contribution is -0.150. The second-order valence-corrected chi connectivity index (χ2v) is 5.77. The third kappa shape index (κ3) is 2.90. The maximum absolute atomic E-state index is 13.1. The summed E-state index contributed by atoms with van der Waals surface area (Å²) in [6.07, 6.45) is 0.705. The normalized spacial score (nSPS) is 15.5. The van der Waals surface area contributed by atoms with Crippen molar-refractivity contribution in [3.05, 3.63) is 71.8 Å². The average molecular weight is 309 g/mol. The molecular weight excluding hydrogens is 290 g/mol. The molecule has 1 saturated heterocycles. The van der Waals surface area contributed by atoms with Crippen molar-refractivity contribution in [2.75, 3.05) is 13.1 Å². The van der Waals surface area contributed by atoms with Gasteiger partial charge in [0.25, 0.3) is 5.91 Å². The molecule has 0 spiro atoms. The van der Waals surface area contributed by atoms with E-state index < -0.39 is 5.60 Å². The van der Waals surface area contributed by atoms with E-state index in [2.05, 4.69) is 0 Å². The van der Waals surface area contributed by atoms with Gasteiger partial charge in [-0.1, -0.05) is 60.7 Å². The Morgan fingerprint density at radius 3 is 1.74 bits per heavy atom. The molecule has 0 aromatic heterocycles. The van der Waals surface area contributed by atoms with Crippen LogP contribution in [0.4, 0.5) is 0 Å². The van der Waals surface area contributed by atoms with Gasteiger partial charge in [-0.15, -0.1) is 0 Å². The predicted octanol–water partition coefficient (Wildman–Crippen LogP) is 2.11. The predicted molar refractivity (Wildman–Crippen MR) is 86.7 cm³/mol. The zero-order chi connectivity index (χ0) is 16.3. The van der Waals surface area contributed by atoms with E-state index in [1.807, 2.05) is 12.1 Å². The Balaban J connectivity index is 2.02. The number of rotatable bonds is 3. The van der Waals surface area contributed by atoms with E-state index in [0.29, 0.717) is 37.1 Å². The first-order valence-corrected chi connectivity index (χ1v) is 7.77. The molecular formula is C19H19NO3. The summed E-state index contributed by atoms with van der Waals surface area (Å²) >= 11 is 0. The van der Waals surface area contributed by atoms with E-state index in [1.165, 1.54) is 0 Å². The standard InChI is InChI=1S/C19H19NO3/c21-17-11-13-20(14-12-17)18(22)19(23,15-7-3-1-4-8-15)16-9-5-2-6-10-16/h1-10,23H,11-14H2. The molecule has 0 unspecified atom stereocenters. The Hall–Kier alpha value is -2.46. The highest BCUT2D eigenvalue weighted by atomic mass is 16.3. The minimum atomic E-state index is -1.73. The SMILES string of the molecule is O=C1CCN(C(=O)C(O)(c2ccccc2)c2ccccc2)CC1. The first kappa shape index (κ1) is 15.4. The van der Waals surface area contributed by atoms with Crippen LogP contribution in [-0.4, -0.2) is 34.8 Å². The van der Waals surface area contributed by atoms with Gasteiger partial charge in [-0.3, -0.25) is 9.59 Å². The van der Waals surface area contributed by atoms with Crippen LogP contribution in [0.3, 0.4) is 0 Å². The fraction of sp³-hybridized carbons (Fsp3) is 0.263. The summed E-state index contributed by atoms with van der Waals surface area (Å²) < 4.78 is 0. The van der Waals surface area contributed by atoms with E-state index in [4.69, 9.17) is 0 Å². The molecule has 1 heterocycles. The number of carbonyl (C=O) groups is 2. The van der Waals surface area contributed by atoms with E-state index in [-0.39, 0.29) is 11.7 Å². The Morgan fingerprint density at radius 2 is 1.30 bits per heavy atom. The van der Waals surface area contributed by atoms with E-state index in [9.17, 15) is 14.7 Å². The molecule has 1 fully saturated rings. The number of hydrogen-bond donors (Lipinski definition) is 1. The summed E-state index contributed by atoms with van der Waals surface area (Å²) in [6.45, 7) is 0.722. The summed E-state index contributed by atoms with van der Waals surface area (Å²) in [4.78, 5) is 26.1. The molecule has 2 aromatic rings. The van der Waals surface area contributed by atoms with Crippen LogP contribution in [0.1, 0.15) is 24.0 Å². The van der Waals surface area contributed by atoms with Gasteiger partial charge in [-0.25, -0.2) is 0 Å². The molecule has 4 nitrogen and oxygen atoms in total. The molecule has 0 radical (unpaired) electrons. The molecule has 0 atom stereocenters. The van der Waals surface area contributed by atoms with Gasteiger partial charge in [0.15, 0.2) is 5.60 Å². The van der Waals surface area contributed by atoms with Gasteiger partial charge in [-0.2, -0.15) is 0 Å². The van der Waals surface area contributed by atoms with Crippen LogP contribution in [-0.2, 0) is 15.2 Å². The molecule has 1 N–H and O–H groups in total. The van der Waals surface area contributed by atoms with E-state index >= 15 is 0 Å². The zero-order valence-electron chi connectivity index (χ0n) is 12.8. The third-order valence-corrected chi connectivity index (χ3v) is 4.30. The van der Waals surface area contributed by atoms with Gasteiger partial charge in [0.05, 0.1) is 0 Å². The van der Waals surface area contributed by atoms with Gasteiger partial charge in [0.2, 0.25) is 0 Å². The minimum absolute atomic E-state index is 0.164. The number of nitrogens with zero attached hydrogens (tertiary/aromatic N) is 1. The second kappa shape index (κ2) is 6.34. The van der Waals surface area contributed by atoms with Crippen LogP contribution in [0.5, 0.6) is 0 Å². The summed E-state index contributed by atoms with van der Waals surface area (Å²) in [6, 6.07) is 17.9. The topological polar surface area (TPSA) is 57.6 Å². The van der Waals surface area contributed by atoms with Gasteiger partial charge in [0, 0.05) is 25.9 Å². The monoisotopic (exact) mass is 309 g/mol. The molecule has 2 aromatic carbocycles. The van der Waals surface area contributed by atoms with Crippen molar-refractivity contribution in [3.8, 4) is 0 Å². The van der Waals surface area contributed by atoms with Crippen molar-refractivity contribution in [3.63, 3.8) is 0 Å². The third-order valence-electron chi connectivity index (χ3n) is 4.30. The Bertz CT molecular complexity index is 648. The Kier molecular flexibility index (Phi) is 4.26. The van der Waals surface area contributed by atoms with Gasteiger partial charge < -0.3 is 10.0 Å². The Morgan fingerprint density at radius 1 is 0.870 bits per heavy atom. The Labute approximate surface area is 135 Å². The number of hydrogen-bond acceptors (Lipinski definition) is 3. The quantitative estimate of drug-likeness (QED) is 0.945. The van der Waals surface area contributed by atoms with Gasteiger partial charge >= 0.3 is 0 Å². The van der Waals surface area contributed by atoms with E-state index in [0.717, 1.165) is 0 Å². The lowest BCUT2D eigenvalue weighted by Gasteiger charge is -2.35. The number of Topliss-reactive ketones (excluding diaryl/α,β-unsaturated/α-hetero) is 1. The fourth-order valence-electron chi connectivity index (χ4n) is 2.96. The molecule has 23 heavy (non-hydrogen) atoms. The molecule has 0 bridgehead atoms. The van der Waals surface area contributed by atoms with Gasteiger partial charge in [-0.05, 0) is 11.1 Å². The smallest absolute Gasteiger partial charge is 0.264 e. The number of carbonyl (C=O) groups excluding carboxylic acids is 2. The van der Waals surface area contributed by atoms with Crippen LogP contribution < -0.4 is 0 Å². The maximum Gasteiger partial charge on any atom is 0.264 e. The molecule has 1 aliphatic rings. The van der Waals surface area contributed by atoms with Crippen LogP contribution in [0.15, 0.2) is 60.7 Å². The van der Waals surface area contributed by atoms with Crippen molar-refractivity contribution >= 4 is 11.7 Å². The number of benzene rings is 2. The molecule has 1 amide bonds. The zero-order valence-corrected chi connectivity index (χ0v) is 12.8. The summed E-state index contributed by atoms with van der Waals surface area (Å²) in [5, 5.41) is 11.4. The average Bonchev–Trinajstić information content (AvgIpc) is 2.62. The molecule has 0 saturated carbocycles. The number of aliphatic hydroxyl groups is 1. The minimum Gasteiger partial charge on any atom is -0.372 e. The lowest BCUT2D eigenvalue weighted by atomic mass is 9.84. The van der Waals surface area contributed by atoms with Gasteiger partial charge in [0.1, 0.15) is 5.78 Å². The highest BCUT2D eigenvalue weighted by Crippen LogP contribution is 2.32. The van der Waals surface area contributed by atoms with Crippen LogP contribution >= 0.6 is 0 Å². The number of amides is 1. The van der Waals surface area contributed by atoms with Crippen molar-refractivity contribution in [2.45, 2.75) is 18.4 Å². The number of ketones is 1. The van der Waals surface area contributed by atoms with E-state index in [1.54, 1.807) is 53.4 Å². The molecule has 1 aliphatic heterocycles. The largest absolute Gasteiger partial charge is 0.372 e. The molecule has 4 heteroatoms. The highest BCUT2D eigenvalue weighted by Gasteiger charge is 2.43. The molecule has 118 valence electrons.